The maximum absolute atomic E-state index is 13.1. The quantitative estimate of drug-likeness (QED) is 0.0934. The SMILES string of the molecule is CCOC(=O)c1c(C)n(Cc2ccccc2)c2ccc(OC[C@H](O)CN3CCN(C[C@@H](O)COc4ccc5c(c4)c(C(=O)OCC)c(C)n5Cc4ccccc4)CC3)cc12. The van der Waals surface area contributed by atoms with Crippen molar-refractivity contribution in [2.45, 2.75) is 53.0 Å². The number of carbonyl (C=O) groups excluding carboxylic acids is 2. The van der Waals surface area contributed by atoms with Crippen molar-refractivity contribution in [3.8, 4) is 11.5 Å². The highest BCUT2D eigenvalue weighted by Crippen LogP contribution is 2.33. The number of aliphatic hydroxyl groups excluding tert-OH is 2. The molecular weight excluding hydrogens is 761 g/mol. The zero-order chi connectivity index (χ0) is 42.2. The highest BCUT2D eigenvalue weighted by Gasteiger charge is 2.25. The normalized spacial score (nSPS) is 14.6. The number of hydrogen-bond acceptors (Lipinski definition) is 10. The van der Waals surface area contributed by atoms with E-state index in [4.69, 9.17) is 18.9 Å². The van der Waals surface area contributed by atoms with Crippen molar-refractivity contribution < 1.29 is 38.7 Å². The number of ether oxygens (including phenoxy) is 4. The summed E-state index contributed by atoms with van der Waals surface area (Å²) in [4.78, 5) is 30.6. The fourth-order valence-corrected chi connectivity index (χ4v) is 8.20. The molecule has 2 aromatic heterocycles. The first kappa shape index (κ1) is 42.5. The van der Waals surface area contributed by atoms with Crippen molar-refractivity contribution >= 4 is 33.7 Å². The maximum atomic E-state index is 13.1. The number of fused-ring (bicyclic) bond motifs is 2. The zero-order valence-corrected chi connectivity index (χ0v) is 35.0. The Balaban J connectivity index is 0.900. The molecule has 2 N–H and O–H groups in total. The highest BCUT2D eigenvalue weighted by atomic mass is 16.5. The van der Waals surface area contributed by atoms with E-state index in [2.05, 4.69) is 43.2 Å². The summed E-state index contributed by atoms with van der Waals surface area (Å²) in [5.74, 6) is 0.404. The summed E-state index contributed by atoms with van der Waals surface area (Å²) >= 11 is 0. The van der Waals surface area contributed by atoms with Crippen LogP contribution in [0.3, 0.4) is 0 Å². The lowest BCUT2D eigenvalue weighted by atomic mass is 10.1. The Bertz CT molecular complexity index is 2220. The molecule has 0 bridgehead atoms. The first-order valence-electron chi connectivity index (χ1n) is 20.9. The van der Waals surface area contributed by atoms with E-state index in [1.54, 1.807) is 13.8 Å². The van der Waals surface area contributed by atoms with Gasteiger partial charge in [-0.2, -0.15) is 0 Å². The van der Waals surface area contributed by atoms with E-state index in [0.717, 1.165) is 70.5 Å². The van der Waals surface area contributed by atoms with Gasteiger partial charge in [-0.1, -0.05) is 60.7 Å². The second-order valence-electron chi connectivity index (χ2n) is 15.4. The second-order valence-corrected chi connectivity index (χ2v) is 15.4. The Hall–Kier alpha value is -5.66. The first-order chi connectivity index (χ1) is 29.1. The van der Waals surface area contributed by atoms with Crippen LogP contribution in [0.4, 0.5) is 0 Å². The van der Waals surface area contributed by atoms with Gasteiger partial charge in [-0.25, -0.2) is 9.59 Å². The standard InChI is InChI=1S/C48H56N4O8/c1-5-57-47(55)45-33(3)51(27-35-13-9-7-10-14-35)43-19-17-39(25-41(43)45)59-31-37(53)29-49-21-23-50(24-22-49)30-38(54)32-60-40-18-20-44-42(26-40)46(48(56)58-6-2)34(4)52(44)28-36-15-11-8-12-16-36/h7-20,25-26,37-38,53-54H,5-6,21-24,27-32H2,1-4H3/t37-,38-/m1/s1. The lowest BCUT2D eigenvalue weighted by Crippen LogP contribution is -2.51. The molecule has 3 heterocycles. The number of esters is 2. The van der Waals surface area contributed by atoms with Gasteiger partial charge in [-0.05, 0) is 75.2 Å². The molecule has 316 valence electrons. The number of hydrogen-bond donors (Lipinski definition) is 2. The lowest BCUT2D eigenvalue weighted by Gasteiger charge is -2.36. The van der Waals surface area contributed by atoms with E-state index in [1.165, 1.54) is 0 Å². The summed E-state index contributed by atoms with van der Waals surface area (Å²) in [5.41, 5.74) is 6.77. The largest absolute Gasteiger partial charge is 0.491 e. The van der Waals surface area contributed by atoms with Crippen LogP contribution in [0.1, 0.15) is 57.1 Å². The van der Waals surface area contributed by atoms with E-state index in [-0.39, 0.29) is 38.4 Å². The molecule has 7 rings (SSSR count). The van der Waals surface area contributed by atoms with Crippen LogP contribution >= 0.6 is 0 Å². The molecule has 12 nitrogen and oxygen atoms in total. The predicted octanol–water partition coefficient (Wildman–Crippen LogP) is 6.46. The summed E-state index contributed by atoms with van der Waals surface area (Å²) in [6.07, 6.45) is -1.44. The van der Waals surface area contributed by atoms with E-state index in [1.807, 2.05) is 86.6 Å². The van der Waals surface area contributed by atoms with Gasteiger partial charge in [0.05, 0.1) is 24.3 Å². The van der Waals surface area contributed by atoms with Gasteiger partial charge in [0.2, 0.25) is 0 Å². The third kappa shape index (κ3) is 9.85. The lowest BCUT2D eigenvalue weighted by molar-refractivity contribution is 0.0241. The molecule has 0 radical (unpaired) electrons. The zero-order valence-electron chi connectivity index (χ0n) is 35.0. The number of nitrogens with zero attached hydrogens (tertiary/aromatic N) is 4. The molecule has 0 unspecified atom stereocenters. The Morgan fingerprint density at radius 1 is 0.583 bits per heavy atom. The minimum atomic E-state index is -0.721. The maximum Gasteiger partial charge on any atom is 0.340 e. The van der Waals surface area contributed by atoms with Crippen LogP contribution in [0.2, 0.25) is 0 Å². The Morgan fingerprint density at radius 2 is 0.967 bits per heavy atom. The molecule has 0 saturated carbocycles. The first-order valence-corrected chi connectivity index (χ1v) is 20.9. The molecule has 0 amide bonds. The van der Waals surface area contributed by atoms with Crippen LogP contribution in [0, 0.1) is 13.8 Å². The van der Waals surface area contributed by atoms with Gasteiger partial charge in [0.15, 0.2) is 0 Å². The van der Waals surface area contributed by atoms with Crippen molar-refractivity contribution in [3.05, 3.63) is 131 Å². The van der Waals surface area contributed by atoms with Gasteiger partial charge < -0.3 is 38.3 Å². The van der Waals surface area contributed by atoms with Crippen molar-refractivity contribution in [1.29, 1.82) is 0 Å². The van der Waals surface area contributed by atoms with Gasteiger partial charge in [0.1, 0.15) is 36.9 Å². The van der Waals surface area contributed by atoms with Crippen LogP contribution in [-0.2, 0) is 22.6 Å². The third-order valence-corrected chi connectivity index (χ3v) is 11.2. The van der Waals surface area contributed by atoms with E-state index < -0.39 is 12.2 Å². The Morgan fingerprint density at radius 3 is 1.33 bits per heavy atom. The average Bonchev–Trinajstić information content (AvgIpc) is 3.68. The molecule has 1 aliphatic heterocycles. The molecule has 0 spiro atoms. The minimum Gasteiger partial charge on any atom is -0.491 e. The molecule has 60 heavy (non-hydrogen) atoms. The fraction of sp³-hybridized carbons (Fsp3) is 0.375. The summed E-state index contributed by atoms with van der Waals surface area (Å²) in [7, 11) is 0. The van der Waals surface area contributed by atoms with Gasteiger partial charge in [-0.15, -0.1) is 0 Å². The van der Waals surface area contributed by atoms with Crippen molar-refractivity contribution in [1.82, 2.24) is 18.9 Å². The molecular formula is C48H56N4O8. The topological polar surface area (TPSA) is 128 Å². The number of rotatable bonds is 18. The number of aliphatic hydroxyl groups is 2. The smallest absolute Gasteiger partial charge is 0.340 e. The van der Waals surface area contributed by atoms with Crippen LogP contribution in [-0.4, -0.2) is 119 Å². The number of carbonyl (C=O) groups is 2. The molecule has 6 aromatic rings. The number of piperazine rings is 1. The van der Waals surface area contributed by atoms with Crippen molar-refractivity contribution in [2.24, 2.45) is 0 Å². The summed E-state index contributed by atoms with van der Waals surface area (Å²) < 4.78 is 27.3. The molecule has 1 fully saturated rings. The number of β-amino-alcohol motifs (C(OH)–C–C–N with tert-alkyl or cyclic N) is 2. The van der Waals surface area contributed by atoms with Crippen LogP contribution in [0.25, 0.3) is 21.8 Å². The molecule has 12 heteroatoms. The second kappa shape index (κ2) is 19.6. The average molecular weight is 817 g/mol. The summed E-state index contributed by atoms with van der Waals surface area (Å²) in [6.45, 7) is 13.3. The van der Waals surface area contributed by atoms with Gasteiger partial charge in [-0.3, -0.25) is 9.80 Å². The highest BCUT2D eigenvalue weighted by molar-refractivity contribution is 6.07. The number of benzene rings is 4. The van der Waals surface area contributed by atoms with Crippen molar-refractivity contribution in [3.63, 3.8) is 0 Å². The monoisotopic (exact) mass is 816 g/mol. The number of aromatic nitrogens is 2. The molecule has 2 atom stereocenters. The van der Waals surface area contributed by atoms with Crippen LogP contribution in [0.15, 0.2) is 97.1 Å². The fourth-order valence-electron chi connectivity index (χ4n) is 8.20. The summed E-state index contributed by atoms with van der Waals surface area (Å²) in [6, 6.07) is 31.6. The minimum absolute atomic E-state index is 0.102. The molecule has 1 aliphatic rings. The van der Waals surface area contributed by atoms with Gasteiger partial charge >= 0.3 is 11.9 Å². The Kier molecular flexibility index (Phi) is 13.9. The van der Waals surface area contributed by atoms with E-state index >= 15 is 0 Å². The third-order valence-electron chi connectivity index (χ3n) is 11.2. The van der Waals surface area contributed by atoms with Gasteiger partial charge in [0, 0.05) is 85.6 Å². The molecule has 0 aliphatic carbocycles. The Labute approximate surface area is 351 Å². The van der Waals surface area contributed by atoms with Crippen LogP contribution < -0.4 is 9.47 Å². The van der Waals surface area contributed by atoms with Gasteiger partial charge in [0.25, 0.3) is 0 Å². The summed E-state index contributed by atoms with van der Waals surface area (Å²) in [5, 5.41) is 23.5. The molecule has 1 saturated heterocycles. The van der Waals surface area contributed by atoms with Crippen molar-refractivity contribution in [2.75, 3.05) is 65.7 Å². The molecule has 4 aromatic carbocycles. The van der Waals surface area contributed by atoms with Crippen LogP contribution in [0.5, 0.6) is 11.5 Å². The van der Waals surface area contributed by atoms with E-state index in [0.29, 0.717) is 48.8 Å². The van der Waals surface area contributed by atoms with E-state index in [9.17, 15) is 19.8 Å². The predicted molar refractivity (Wildman–Crippen MR) is 232 cm³/mol.